The lowest BCUT2D eigenvalue weighted by Gasteiger charge is -2.13. The maximum Gasteiger partial charge on any atom is 0.204 e. The Hall–Kier alpha value is -1.82. The van der Waals surface area contributed by atoms with Gasteiger partial charge in [0, 0.05) is 11.4 Å². The van der Waals surface area contributed by atoms with E-state index in [2.05, 4.69) is 39.0 Å². The average Bonchev–Trinajstić information content (AvgIpc) is 2.93. The van der Waals surface area contributed by atoms with Crippen LogP contribution in [-0.2, 0) is 13.0 Å². The number of anilines is 2. The van der Waals surface area contributed by atoms with Gasteiger partial charge in [-0.25, -0.2) is 9.97 Å². The molecule has 0 atom stereocenters. The van der Waals surface area contributed by atoms with E-state index in [1.165, 1.54) is 16.8 Å². The van der Waals surface area contributed by atoms with Crippen LogP contribution < -0.4 is 15.4 Å². The maximum atomic E-state index is 5.41. The summed E-state index contributed by atoms with van der Waals surface area (Å²) in [5.41, 5.74) is 1.38. The Morgan fingerprint density at radius 1 is 1.20 bits per heavy atom. The van der Waals surface area contributed by atoms with E-state index in [0.29, 0.717) is 11.6 Å². The van der Waals surface area contributed by atoms with Crippen LogP contribution in [0.2, 0.25) is 0 Å². The number of ether oxygens (including phenoxy) is 1. The molecule has 0 spiro atoms. The lowest BCUT2D eigenvalue weighted by molar-refractivity contribution is 0.414. The second kappa shape index (κ2) is 7.09. The Balaban J connectivity index is 2.15. The molecule has 0 saturated heterocycles. The zero-order valence-corrected chi connectivity index (χ0v) is 12.9. The van der Waals surface area contributed by atoms with Gasteiger partial charge in [0.05, 0.1) is 13.7 Å². The normalized spacial score (nSPS) is 10.3. The van der Waals surface area contributed by atoms with Crippen LogP contribution in [0.25, 0.3) is 0 Å². The Labute approximate surface area is 123 Å². The van der Waals surface area contributed by atoms with Gasteiger partial charge in [-0.1, -0.05) is 6.92 Å². The maximum absolute atomic E-state index is 5.41. The van der Waals surface area contributed by atoms with Crippen molar-refractivity contribution in [2.24, 2.45) is 0 Å². The van der Waals surface area contributed by atoms with Crippen LogP contribution in [0.3, 0.4) is 0 Å². The summed E-state index contributed by atoms with van der Waals surface area (Å²) < 4.78 is 5.41. The minimum atomic E-state index is 0.656. The number of aromatic nitrogens is 2. The van der Waals surface area contributed by atoms with Gasteiger partial charge in [-0.15, -0.1) is 11.3 Å². The van der Waals surface area contributed by atoms with E-state index >= 15 is 0 Å². The van der Waals surface area contributed by atoms with Crippen molar-refractivity contribution in [2.45, 2.75) is 26.8 Å². The number of nitrogens with zero attached hydrogens (tertiary/aromatic N) is 2. The van der Waals surface area contributed by atoms with E-state index in [1.54, 1.807) is 18.4 Å². The number of rotatable bonds is 7. The van der Waals surface area contributed by atoms with Crippen molar-refractivity contribution >= 4 is 23.0 Å². The van der Waals surface area contributed by atoms with Crippen molar-refractivity contribution in [3.8, 4) is 5.75 Å². The molecular formula is C14H20N4OS. The summed E-state index contributed by atoms with van der Waals surface area (Å²) in [6, 6.07) is 2.17. The van der Waals surface area contributed by atoms with E-state index in [0.717, 1.165) is 25.3 Å². The van der Waals surface area contributed by atoms with Crippen LogP contribution in [0.4, 0.5) is 11.6 Å². The molecule has 2 aromatic heterocycles. The van der Waals surface area contributed by atoms with E-state index in [4.69, 9.17) is 4.74 Å². The Morgan fingerprint density at radius 3 is 2.60 bits per heavy atom. The van der Waals surface area contributed by atoms with E-state index in [9.17, 15) is 0 Å². The molecule has 2 heterocycles. The summed E-state index contributed by atoms with van der Waals surface area (Å²) in [6.07, 6.45) is 2.59. The molecule has 0 saturated carbocycles. The Kier molecular flexibility index (Phi) is 5.17. The standard InChI is InChI=1S/C14H20N4OS/c1-4-10-6-7-20-11(10)8-16-14-12(19-3)13(15-5-2)17-9-18-14/h6-7,9H,4-5,8H2,1-3H3,(H2,15,16,17,18). The Bertz CT molecular complexity index is 556. The third-order valence-electron chi connectivity index (χ3n) is 2.99. The summed E-state index contributed by atoms with van der Waals surface area (Å²) in [4.78, 5) is 9.79. The molecule has 0 aromatic carbocycles. The SMILES string of the molecule is CCNc1ncnc(NCc2sccc2CC)c1OC. The van der Waals surface area contributed by atoms with Crippen molar-refractivity contribution in [3.63, 3.8) is 0 Å². The largest absolute Gasteiger partial charge is 0.490 e. The van der Waals surface area contributed by atoms with Gasteiger partial charge < -0.3 is 15.4 Å². The van der Waals surface area contributed by atoms with Crippen LogP contribution in [0.15, 0.2) is 17.8 Å². The van der Waals surface area contributed by atoms with Crippen LogP contribution >= 0.6 is 11.3 Å². The average molecular weight is 292 g/mol. The number of methoxy groups -OCH3 is 1. The predicted molar refractivity (Wildman–Crippen MR) is 83.8 cm³/mol. The fourth-order valence-corrected chi connectivity index (χ4v) is 2.90. The van der Waals surface area contributed by atoms with E-state index in [-0.39, 0.29) is 0 Å². The summed E-state index contributed by atoms with van der Waals surface area (Å²) in [5.74, 6) is 2.09. The van der Waals surface area contributed by atoms with Gasteiger partial charge in [0.2, 0.25) is 5.75 Å². The van der Waals surface area contributed by atoms with Gasteiger partial charge in [0.25, 0.3) is 0 Å². The molecule has 6 heteroatoms. The smallest absolute Gasteiger partial charge is 0.204 e. The summed E-state index contributed by atoms with van der Waals surface area (Å²) in [5, 5.41) is 8.63. The quantitative estimate of drug-likeness (QED) is 0.821. The fraction of sp³-hybridized carbons (Fsp3) is 0.429. The first-order chi connectivity index (χ1) is 9.80. The van der Waals surface area contributed by atoms with Gasteiger partial charge in [0.15, 0.2) is 11.6 Å². The molecular weight excluding hydrogens is 272 g/mol. The van der Waals surface area contributed by atoms with Gasteiger partial charge in [0.1, 0.15) is 6.33 Å². The van der Waals surface area contributed by atoms with Crippen LogP contribution in [0, 0.1) is 0 Å². The third kappa shape index (κ3) is 3.19. The van der Waals surface area contributed by atoms with Gasteiger partial charge in [-0.05, 0) is 30.4 Å². The molecule has 0 radical (unpaired) electrons. The second-order valence-corrected chi connectivity index (χ2v) is 5.21. The molecule has 2 rings (SSSR count). The minimum absolute atomic E-state index is 0.656. The number of aryl methyl sites for hydroxylation is 1. The number of hydrogen-bond donors (Lipinski definition) is 2. The molecule has 20 heavy (non-hydrogen) atoms. The summed E-state index contributed by atoms with van der Waals surface area (Å²) in [7, 11) is 1.63. The van der Waals surface area contributed by atoms with Crippen LogP contribution in [0.1, 0.15) is 24.3 Å². The first-order valence-corrected chi connectivity index (χ1v) is 7.60. The highest BCUT2D eigenvalue weighted by Crippen LogP contribution is 2.29. The first-order valence-electron chi connectivity index (χ1n) is 6.72. The highest BCUT2D eigenvalue weighted by molar-refractivity contribution is 7.10. The van der Waals surface area contributed by atoms with Gasteiger partial charge in [-0.3, -0.25) is 0 Å². The molecule has 0 fully saturated rings. The lowest BCUT2D eigenvalue weighted by Crippen LogP contribution is -2.08. The molecule has 108 valence electrons. The molecule has 2 aromatic rings. The van der Waals surface area contributed by atoms with Crippen molar-refractivity contribution in [1.29, 1.82) is 0 Å². The molecule has 0 amide bonds. The lowest BCUT2D eigenvalue weighted by atomic mass is 10.2. The molecule has 5 nitrogen and oxygen atoms in total. The molecule has 0 unspecified atom stereocenters. The first kappa shape index (κ1) is 14.6. The molecule has 2 N–H and O–H groups in total. The van der Waals surface area contributed by atoms with E-state index < -0.39 is 0 Å². The summed E-state index contributed by atoms with van der Waals surface area (Å²) in [6.45, 7) is 5.73. The third-order valence-corrected chi connectivity index (χ3v) is 3.95. The van der Waals surface area contributed by atoms with Crippen LogP contribution in [0.5, 0.6) is 5.75 Å². The number of thiophene rings is 1. The molecule has 0 aliphatic carbocycles. The van der Waals surface area contributed by atoms with E-state index in [1.807, 2.05) is 6.92 Å². The fourth-order valence-electron chi connectivity index (χ4n) is 1.99. The zero-order valence-electron chi connectivity index (χ0n) is 12.1. The molecule has 0 aliphatic rings. The van der Waals surface area contributed by atoms with Gasteiger partial charge >= 0.3 is 0 Å². The number of hydrogen-bond acceptors (Lipinski definition) is 6. The number of nitrogens with one attached hydrogen (secondary N) is 2. The monoisotopic (exact) mass is 292 g/mol. The Morgan fingerprint density at radius 2 is 1.95 bits per heavy atom. The summed E-state index contributed by atoms with van der Waals surface area (Å²) >= 11 is 1.76. The predicted octanol–water partition coefficient (Wildman–Crippen LogP) is 3.15. The second-order valence-electron chi connectivity index (χ2n) is 4.21. The van der Waals surface area contributed by atoms with Crippen molar-refractivity contribution < 1.29 is 4.74 Å². The topological polar surface area (TPSA) is 59.1 Å². The van der Waals surface area contributed by atoms with Crippen molar-refractivity contribution in [3.05, 3.63) is 28.2 Å². The highest BCUT2D eigenvalue weighted by Gasteiger charge is 2.12. The highest BCUT2D eigenvalue weighted by atomic mass is 32.1. The minimum Gasteiger partial charge on any atom is -0.490 e. The van der Waals surface area contributed by atoms with Crippen molar-refractivity contribution in [2.75, 3.05) is 24.3 Å². The van der Waals surface area contributed by atoms with Crippen molar-refractivity contribution in [1.82, 2.24) is 9.97 Å². The van der Waals surface area contributed by atoms with Crippen LogP contribution in [-0.4, -0.2) is 23.6 Å². The molecule has 0 bridgehead atoms. The van der Waals surface area contributed by atoms with Gasteiger partial charge in [-0.2, -0.15) is 0 Å². The zero-order chi connectivity index (χ0) is 14.4. The molecule has 0 aliphatic heterocycles.